The second kappa shape index (κ2) is 6.30. The van der Waals surface area contributed by atoms with Crippen molar-refractivity contribution < 1.29 is 14.6 Å². The lowest BCUT2D eigenvalue weighted by atomic mass is 10.2. The van der Waals surface area contributed by atoms with Crippen LogP contribution < -0.4 is 4.74 Å². The van der Waals surface area contributed by atoms with Gasteiger partial charge in [-0.05, 0) is 23.8 Å². The number of hydrogen-bond donors (Lipinski definition) is 1. The van der Waals surface area contributed by atoms with Crippen LogP contribution in [0.4, 0.5) is 0 Å². The van der Waals surface area contributed by atoms with Crippen LogP contribution in [0, 0.1) is 0 Å². The van der Waals surface area contributed by atoms with Gasteiger partial charge in [0.2, 0.25) is 0 Å². The zero-order chi connectivity index (χ0) is 13.5. The third-order valence-corrected chi connectivity index (χ3v) is 2.30. The van der Waals surface area contributed by atoms with E-state index < -0.39 is 5.97 Å². The van der Waals surface area contributed by atoms with Crippen LogP contribution in [0.5, 0.6) is 5.75 Å². The number of aromatic nitrogens is 2. The molecule has 0 aliphatic heterocycles. The highest BCUT2D eigenvalue weighted by Gasteiger charge is 1.97. The zero-order valence-corrected chi connectivity index (χ0v) is 10.1. The van der Waals surface area contributed by atoms with Crippen molar-refractivity contribution in [2.24, 2.45) is 0 Å². The highest BCUT2D eigenvalue weighted by Crippen LogP contribution is 2.14. The molecule has 0 aliphatic carbocycles. The van der Waals surface area contributed by atoms with Crippen LogP contribution in [0.25, 0.3) is 6.08 Å². The van der Waals surface area contributed by atoms with Gasteiger partial charge in [0.15, 0.2) is 0 Å². The van der Waals surface area contributed by atoms with Crippen LogP contribution in [0.15, 0.2) is 48.9 Å². The smallest absolute Gasteiger partial charge is 0.328 e. The molecule has 1 N–H and O–H groups in total. The molecule has 0 aliphatic rings. The molecule has 5 heteroatoms. The Kier molecular flexibility index (Phi) is 4.23. The SMILES string of the molecule is O=C(O)/C=C/c1ccc(OCc2cnccn2)cc1. The van der Waals surface area contributed by atoms with E-state index in [1.807, 2.05) is 0 Å². The predicted molar refractivity (Wildman–Crippen MR) is 69.5 cm³/mol. The summed E-state index contributed by atoms with van der Waals surface area (Å²) < 4.78 is 5.53. The molecule has 0 fully saturated rings. The molecule has 0 radical (unpaired) electrons. The minimum Gasteiger partial charge on any atom is -0.487 e. The Morgan fingerprint density at radius 1 is 1.26 bits per heavy atom. The van der Waals surface area contributed by atoms with Gasteiger partial charge >= 0.3 is 5.97 Å². The van der Waals surface area contributed by atoms with Gasteiger partial charge in [0.05, 0.1) is 11.9 Å². The Labute approximate surface area is 110 Å². The van der Waals surface area contributed by atoms with Crippen LogP contribution >= 0.6 is 0 Å². The predicted octanol–water partition coefficient (Wildman–Crippen LogP) is 2.15. The normalized spacial score (nSPS) is 10.5. The first-order valence-electron chi connectivity index (χ1n) is 5.63. The zero-order valence-electron chi connectivity index (χ0n) is 10.1. The quantitative estimate of drug-likeness (QED) is 0.830. The minimum atomic E-state index is -0.969. The summed E-state index contributed by atoms with van der Waals surface area (Å²) in [5, 5.41) is 8.52. The molecule has 0 bridgehead atoms. The van der Waals surface area contributed by atoms with E-state index in [2.05, 4.69) is 9.97 Å². The van der Waals surface area contributed by atoms with E-state index in [1.54, 1.807) is 42.9 Å². The average Bonchev–Trinajstić information content (AvgIpc) is 2.45. The molecule has 1 heterocycles. The van der Waals surface area contributed by atoms with Crippen LogP contribution in [-0.4, -0.2) is 21.0 Å². The first-order valence-corrected chi connectivity index (χ1v) is 5.63. The summed E-state index contributed by atoms with van der Waals surface area (Å²) in [6, 6.07) is 7.12. The van der Waals surface area contributed by atoms with E-state index in [1.165, 1.54) is 6.08 Å². The van der Waals surface area contributed by atoms with Gasteiger partial charge in [0.1, 0.15) is 12.4 Å². The third kappa shape index (κ3) is 4.23. The maximum atomic E-state index is 10.4. The van der Waals surface area contributed by atoms with E-state index in [-0.39, 0.29) is 0 Å². The van der Waals surface area contributed by atoms with Crippen LogP contribution in [0.3, 0.4) is 0 Å². The van der Waals surface area contributed by atoms with Crippen molar-refractivity contribution in [1.82, 2.24) is 9.97 Å². The second-order valence-electron chi connectivity index (χ2n) is 3.73. The van der Waals surface area contributed by atoms with E-state index >= 15 is 0 Å². The number of carboxylic acids is 1. The fourth-order valence-electron chi connectivity index (χ4n) is 1.40. The largest absolute Gasteiger partial charge is 0.487 e. The molecule has 0 atom stereocenters. The Morgan fingerprint density at radius 2 is 2.05 bits per heavy atom. The molecule has 2 rings (SSSR count). The summed E-state index contributed by atoms with van der Waals surface area (Å²) >= 11 is 0. The number of aliphatic carboxylic acids is 1. The van der Waals surface area contributed by atoms with Crippen molar-refractivity contribution in [2.45, 2.75) is 6.61 Å². The summed E-state index contributed by atoms with van der Waals surface area (Å²) in [5.74, 6) is -0.277. The van der Waals surface area contributed by atoms with Gasteiger partial charge in [-0.2, -0.15) is 0 Å². The van der Waals surface area contributed by atoms with Gasteiger partial charge in [0.25, 0.3) is 0 Å². The van der Waals surface area contributed by atoms with E-state index in [0.29, 0.717) is 12.4 Å². The second-order valence-corrected chi connectivity index (χ2v) is 3.73. The molecule has 19 heavy (non-hydrogen) atoms. The summed E-state index contributed by atoms with van der Waals surface area (Å²) in [6.45, 7) is 0.345. The highest BCUT2D eigenvalue weighted by molar-refractivity contribution is 5.85. The Balaban J connectivity index is 1.94. The number of carbonyl (C=O) groups is 1. The molecule has 96 valence electrons. The van der Waals surface area contributed by atoms with Gasteiger partial charge in [-0.15, -0.1) is 0 Å². The van der Waals surface area contributed by atoms with E-state index in [4.69, 9.17) is 9.84 Å². The molecule has 0 saturated carbocycles. The molecule has 1 aromatic carbocycles. The van der Waals surface area contributed by atoms with Crippen LogP contribution in [0.1, 0.15) is 11.3 Å². The fraction of sp³-hybridized carbons (Fsp3) is 0.0714. The standard InChI is InChI=1S/C14H12N2O3/c17-14(18)6-3-11-1-4-13(5-2-11)19-10-12-9-15-7-8-16-12/h1-9H,10H2,(H,17,18)/b6-3+. The summed E-state index contributed by atoms with van der Waals surface area (Å²) in [6.07, 6.45) is 7.47. The first-order chi connectivity index (χ1) is 9.24. The molecule has 0 unspecified atom stereocenters. The Bertz CT molecular complexity index is 565. The van der Waals surface area contributed by atoms with Gasteiger partial charge in [-0.25, -0.2) is 4.79 Å². The van der Waals surface area contributed by atoms with Gasteiger partial charge in [0, 0.05) is 18.5 Å². The molecule has 1 aromatic heterocycles. The number of ether oxygens (including phenoxy) is 1. The third-order valence-electron chi connectivity index (χ3n) is 2.30. The van der Waals surface area contributed by atoms with Gasteiger partial charge < -0.3 is 9.84 Å². The van der Waals surface area contributed by atoms with Crippen molar-refractivity contribution in [2.75, 3.05) is 0 Å². The summed E-state index contributed by atoms with van der Waals surface area (Å²) in [5.41, 5.74) is 1.55. The molecule has 5 nitrogen and oxygen atoms in total. The lowest BCUT2D eigenvalue weighted by Crippen LogP contribution is -1.98. The lowest BCUT2D eigenvalue weighted by molar-refractivity contribution is -0.131. The number of nitrogens with zero attached hydrogens (tertiary/aromatic N) is 2. The molecule has 2 aromatic rings. The molecular weight excluding hydrogens is 244 g/mol. The molecule has 0 saturated heterocycles. The number of carboxylic acid groups (broad SMARTS) is 1. The number of hydrogen-bond acceptors (Lipinski definition) is 4. The Morgan fingerprint density at radius 3 is 2.68 bits per heavy atom. The van der Waals surface area contributed by atoms with Crippen LogP contribution in [0.2, 0.25) is 0 Å². The average molecular weight is 256 g/mol. The minimum absolute atomic E-state index is 0.345. The molecule has 0 spiro atoms. The maximum absolute atomic E-state index is 10.4. The monoisotopic (exact) mass is 256 g/mol. The van der Waals surface area contributed by atoms with Crippen LogP contribution in [-0.2, 0) is 11.4 Å². The van der Waals surface area contributed by atoms with Crippen molar-refractivity contribution in [1.29, 1.82) is 0 Å². The maximum Gasteiger partial charge on any atom is 0.328 e. The molecule has 0 amide bonds. The van der Waals surface area contributed by atoms with Gasteiger partial charge in [-0.1, -0.05) is 12.1 Å². The first kappa shape index (κ1) is 12.8. The van der Waals surface area contributed by atoms with Crippen molar-refractivity contribution >= 4 is 12.0 Å². The topological polar surface area (TPSA) is 72.3 Å². The fourth-order valence-corrected chi connectivity index (χ4v) is 1.40. The number of rotatable bonds is 5. The van der Waals surface area contributed by atoms with Crippen molar-refractivity contribution in [3.05, 3.63) is 60.2 Å². The van der Waals surface area contributed by atoms with Crippen molar-refractivity contribution in [3.8, 4) is 5.75 Å². The highest BCUT2D eigenvalue weighted by atomic mass is 16.5. The Hall–Kier alpha value is -2.69. The lowest BCUT2D eigenvalue weighted by Gasteiger charge is -2.05. The summed E-state index contributed by atoms with van der Waals surface area (Å²) in [4.78, 5) is 18.4. The van der Waals surface area contributed by atoms with E-state index in [0.717, 1.165) is 17.3 Å². The molecular formula is C14H12N2O3. The van der Waals surface area contributed by atoms with Gasteiger partial charge in [-0.3, -0.25) is 9.97 Å². The summed E-state index contributed by atoms with van der Waals surface area (Å²) in [7, 11) is 0. The number of benzene rings is 1. The van der Waals surface area contributed by atoms with Crippen molar-refractivity contribution in [3.63, 3.8) is 0 Å². The van der Waals surface area contributed by atoms with E-state index in [9.17, 15) is 4.79 Å².